The molecule has 0 aromatic carbocycles. The Hall–Kier alpha value is -1.94. The third-order valence-electron chi connectivity index (χ3n) is 4.67. The van der Waals surface area contributed by atoms with E-state index in [1.54, 1.807) is 13.8 Å². The summed E-state index contributed by atoms with van der Waals surface area (Å²) < 4.78 is 42.2. The predicted octanol–water partition coefficient (Wildman–Crippen LogP) is 0.939. The van der Waals surface area contributed by atoms with Gasteiger partial charge >= 0.3 is 11.9 Å². The Morgan fingerprint density at radius 3 is 2.65 bits per heavy atom. The van der Waals surface area contributed by atoms with Crippen LogP contribution in [0.25, 0.3) is 0 Å². The van der Waals surface area contributed by atoms with E-state index in [0.717, 1.165) is 0 Å². The van der Waals surface area contributed by atoms with Crippen LogP contribution in [0.5, 0.6) is 0 Å². The summed E-state index contributed by atoms with van der Waals surface area (Å²) in [5.41, 5.74) is 0.287. The lowest BCUT2D eigenvalue weighted by Gasteiger charge is -2.30. The van der Waals surface area contributed by atoms with E-state index < -0.39 is 34.0 Å². The van der Waals surface area contributed by atoms with E-state index in [4.69, 9.17) is 14.0 Å². The second-order valence-corrected chi connectivity index (χ2v) is 8.64. The van der Waals surface area contributed by atoms with Crippen molar-refractivity contribution in [2.24, 2.45) is 5.92 Å². The third kappa shape index (κ3) is 3.48. The molecule has 144 valence electrons. The van der Waals surface area contributed by atoms with Gasteiger partial charge in [0.15, 0.2) is 5.76 Å². The minimum atomic E-state index is -3.82. The van der Waals surface area contributed by atoms with Gasteiger partial charge in [-0.05, 0) is 33.6 Å². The quantitative estimate of drug-likeness (QED) is 0.702. The number of sulfonamides is 1. The van der Waals surface area contributed by atoms with Gasteiger partial charge < -0.3 is 14.0 Å². The summed E-state index contributed by atoms with van der Waals surface area (Å²) in [5.74, 6) is -1.53. The monoisotopic (exact) mass is 386 g/mol. The van der Waals surface area contributed by atoms with Crippen LogP contribution in [0.2, 0.25) is 0 Å². The molecule has 1 aromatic rings. The predicted molar refractivity (Wildman–Crippen MR) is 87.5 cm³/mol. The number of carbonyl (C=O) groups excluding carboxylic acids is 2. The number of aryl methyl sites for hydroxylation is 2. The Labute approximate surface area is 151 Å². The summed E-state index contributed by atoms with van der Waals surface area (Å²) in [6.07, 6.45) is 0.144. The van der Waals surface area contributed by atoms with Gasteiger partial charge in [-0.1, -0.05) is 5.16 Å². The summed E-state index contributed by atoms with van der Waals surface area (Å²) in [6.45, 7) is 5.13. The first kappa shape index (κ1) is 18.8. The second kappa shape index (κ2) is 6.99. The molecule has 0 spiro atoms. The van der Waals surface area contributed by atoms with Crippen molar-refractivity contribution < 1.29 is 32.0 Å². The number of nitrogens with zero attached hydrogens (tertiary/aromatic N) is 2. The molecule has 2 fully saturated rings. The van der Waals surface area contributed by atoms with Crippen molar-refractivity contribution >= 4 is 22.0 Å². The zero-order valence-electron chi connectivity index (χ0n) is 14.9. The molecule has 2 aliphatic heterocycles. The Kier molecular flexibility index (Phi) is 5.07. The van der Waals surface area contributed by atoms with Crippen LogP contribution in [0.4, 0.5) is 0 Å². The molecular formula is C16H22N2O7S. The number of cyclic esters (lactones) is 1. The molecule has 0 amide bonds. The number of ether oxygens (including phenoxy) is 2. The summed E-state index contributed by atoms with van der Waals surface area (Å²) in [7, 11) is -3.82. The number of esters is 2. The average Bonchev–Trinajstić information content (AvgIpc) is 3.08. The average molecular weight is 386 g/mol. The molecule has 1 aromatic heterocycles. The Morgan fingerprint density at radius 2 is 2.08 bits per heavy atom. The fourth-order valence-corrected chi connectivity index (χ4v) is 5.19. The lowest BCUT2D eigenvalue weighted by molar-refractivity contribution is -0.164. The fourth-order valence-electron chi connectivity index (χ4n) is 3.38. The molecular weight excluding hydrogens is 364 g/mol. The molecule has 2 saturated heterocycles. The first-order valence-electron chi connectivity index (χ1n) is 8.54. The summed E-state index contributed by atoms with van der Waals surface area (Å²) in [6, 6.07) is 0. The molecule has 26 heavy (non-hydrogen) atoms. The SMILES string of the molecule is Cc1noc(C)c1S(=O)(=O)N1CCCC(C(=O)OC2CC(C)OC2=O)C1. The molecule has 0 bridgehead atoms. The highest BCUT2D eigenvalue weighted by Crippen LogP contribution is 2.29. The molecule has 0 saturated carbocycles. The molecule has 0 N–H and O–H groups in total. The lowest BCUT2D eigenvalue weighted by Crippen LogP contribution is -2.43. The van der Waals surface area contributed by atoms with Crippen molar-refractivity contribution in [3.8, 4) is 0 Å². The highest BCUT2D eigenvalue weighted by Gasteiger charge is 2.40. The summed E-state index contributed by atoms with van der Waals surface area (Å²) >= 11 is 0. The third-order valence-corrected chi connectivity index (χ3v) is 6.78. The van der Waals surface area contributed by atoms with Crippen molar-refractivity contribution in [2.45, 2.75) is 57.1 Å². The zero-order chi connectivity index (χ0) is 19.1. The minimum Gasteiger partial charge on any atom is -0.460 e. The number of carbonyl (C=O) groups is 2. The van der Waals surface area contributed by atoms with Gasteiger partial charge in [-0.2, -0.15) is 4.31 Å². The van der Waals surface area contributed by atoms with Gasteiger partial charge in [0, 0.05) is 19.5 Å². The lowest BCUT2D eigenvalue weighted by atomic mass is 10.00. The first-order chi connectivity index (χ1) is 12.2. The van der Waals surface area contributed by atoms with Gasteiger partial charge in [0.1, 0.15) is 16.7 Å². The van der Waals surface area contributed by atoms with Gasteiger partial charge in [0.2, 0.25) is 16.1 Å². The van der Waals surface area contributed by atoms with Crippen LogP contribution < -0.4 is 0 Å². The summed E-state index contributed by atoms with van der Waals surface area (Å²) in [5, 5.41) is 3.69. The van der Waals surface area contributed by atoms with Crippen LogP contribution in [0.1, 0.15) is 37.6 Å². The standard InChI is InChI=1S/C16H22N2O7S/c1-9-7-13(16(20)23-9)24-15(19)12-5-4-6-18(8-12)26(21,22)14-10(2)17-25-11(14)3/h9,12-13H,4-8H2,1-3H3. The van der Waals surface area contributed by atoms with Crippen LogP contribution in [-0.4, -0.2) is 55.1 Å². The van der Waals surface area contributed by atoms with E-state index in [1.165, 1.54) is 11.2 Å². The molecule has 3 unspecified atom stereocenters. The maximum absolute atomic E-state index is 12.9. The normalized spacial score (nSPS) is 27.3. The largest absolute Gasteiger partial charge is 0.460 e. The van der Waals surface area contributed by atoms with Gasteiger partial charge in [-0.3, -0.25) is 4.79 Å². The number of rotatable bonds is 4. The van der Waals surface area contributed by atoms with Crippen molar-refractivity contribution in [1.29, 1.82) is 0 Å². The van der Waals surface area contributed by atoms with E-state index >= 15 is 0 Å². The van der Waals surface area contributed by atoms with Crippen molar-refractivity contribution in [3.05, 3.63) is 11.5 Å². The fraction of sp³-hybridized carbons (Fsp3) is 0.688. The van der Waals surface area contributed by atoms with Crippen molar-refractivity contribution in [2.75, 3.05) is 13.1 Å². The van der Waals surface area contributed by atoms with E-state index in [9.17, 15) is 18.0 Å². The molecule has 0 aliphatic carbocycles. The van der Waals surface area contributed by atoms with Crippen LogP contribution in [0.3, 0.4) is 0 Å². The Bertz CT molecular complexity index is 797. The van der Waals surface area contributed by atoms with Gasteiger partial charge in [-0.15, -0.1) is 0 Å². The Balaban J connectivity index is 1.71. The maximum atomic E-state index is 12.9. The number of hydrogen-bond donors (Lipinski definition) is 0. The topological polar surface area (TPSA) is 116 Å². The van der Waals surface area contributed by atoms with Crippen LogP contribution >= 0.6 is 0 Å². The number of piperidine rings is 1. The van der Waals surface area contributed by atoms with Crippen molar-refractivity contribution in [3.63, 3.8) is 0 Å². The molecule has 10 heteroatoms. The Morgan fingerprint density at radius 1 is 1.35 bits per heavy atom. The molecule has 2 aliphatic rings. The number of hydrogen-bond acceptors (Lipinski definition) is 8. The van der Waals surface area contributed by atoms with E-state index in [2.05, 4.69) is 5.16 Å². The van der Waals surface area contributed by atoms with Crippen LogP contribution in [-0.2, 0) is 29.1 Å². The number of aromatic nitrogens is 1. The smallest absolute Gasteiger partial charge is 0.347 e. The minimum absolute atomic E-state index is 0.00253. The summed E-state index contributed by atoms with van der Waals surface area (Å²) in [4.78, 5) is 24.1. The first-order valence-corrected chi connectivity index (χ1v) is 9.98. The van der Waals surface area contributed by atoms with Crippen LogP contribution in [0.15, 0.2) is 9.42 Å². The van der Waals surface area contributed by atoms with Gasteiger partial charge in [-0.25, -0.2) is 13.2 Å². The molecule has 3 heterocycles. The van der Waals surface area contributed by atoms with Gasteiger partial charge in [0.05, 0.1) is 5.92 Å². The van der Waals surface area contributed by atoms with E-state index in [0.29, 0.717) is 25.8 Å². The molecule has 3 atom stereocenters. The zero-order valence-corrected chi connectivity index (χ0v) is 15.7. The van der Waals surface area contributed by atoms with Crippen LogP contribution in [0, 0.1) is 19.8 Å². The maximum Gasteiger partial charge on any atom is 0.347 e. The van der Waals surface area contributed by atoms with E-state index in [1.807, 2.05) is 0 Å². The van der Waals surface area contributed by atoms with E-state index in [-0.39, 0.29) is 29.0 Å². The molecule has 3 rings (SSSR count). The molecule has 0 radical (unpaired) electrons. The molecule has 9 nitrogen and oxygen atoms in total. The second-order valence-electron chi connectivity index (χ2n) is 6.76. The van der Waals surface area contributed by atoms with Gasteiger partial charge in [0.25, 0.3) is 0 Å². The highest BCUT2D eigenvalue weighted by atomic mass is 32.2. The highest BCUT2D eigenvalue weighted by molar-refractivity contribution is 7.89. The van der Waals surface area contributed by atoms with Crippen molar-refractivity contribution in [1.82, 2.24) is 9.46 Å².